The van der Waals surface area contributed by atoms with Gasteiger partial charge in [-0.1, -0.05) is 61.9 Å². The number of phenolic OH excluding ortho intramolecular Hbond substituents is 1. The highest BCUT2D eigenvalue weighted by Gasteiger charge is 2.15. The first kappa shape index (κ1) is 24.8. The molecule has 0 bridgehead atoms. The van der Waals surface area contributed by atoms with Crippen LogP contribution >= 0.6 is 0 Å². The SMILES string of the molecule is CCCc1c(OCCCOc2ccc(/C=C/C(=O)c3ccccc3)cc2)ccc(C(C)=O)c1O. The molecule has 3 rings (SSSR count). The number of ether oxygens (including phenoxy) is 2. The number of allylic oxidation sites excluding steroid dienone is 1. The molecule has 0 atom stereocenters. The van der Waals surface area contributed by atoms with Crippen molar-refractivity contribution in [3.05, 3.63) is 95.1 Å². The lowest BCUT2D eigenvalue weighted by atomic mass is 10.0. The quantitative estimate of drug-likeness (QED) is 0.196. The number of Topliss-reactive ketones (excluding diaryl/α,β-unsaturated/α-hetero) is 1. The summed E-state index contributed by atoms with van der Waals surface area (Å²) in [4.78, 5) is 23.8. The number of hydrogen-bond acceptors (Lipinski definition) is 5. The zero-order valence-electron chi connectivity index (χ0n) is 19.6. The molecule has 1 N–H and O–H groups in total. The largest absolute Gasteiger partial charge is 0.507 e. The van der Waals surface area contributed by atoms with Crippen LogP contribution in [0.15, 0.2) is 72.8 Å². The first-order valence-electron chi connectivity index (χ1n) is 11.5. The molecule has 5 heteroatoms. The zero-order valence-corrected chi connectivity index (χ0v) is 19.6. The maximum absolute atomic E-state index is 12.2. The summed E-state index contributed by atoms with van der Waals surface area (Å²) in [6, 6.07) is 20.0. The van der Waals surface area contributed by atoms with Gasteiger partial charge in [0, 0.05) is 17.5 Å². The van der Waals surface area contributed by atoms with Gasteiger partial charge in [-0.3, -0.25) is 9.59 Å². The predicted octanol–water partition coefficient (Wildman–Crippen LogP) is 6.29. The Morgan fingerprint density at radius 2 is 1.62 bits per heavy atom. The molecule has 0 saturated heterocycles. The van der Waals surface area contributed by atoms with Crippen LogP contribution in [0.1, 0.15) is 58.5 Å². The summed E-state index contributed by atoms with van der Waals surface area (Å²) < 4.78 is 11.6. The Labute approximate surface area is 200 Å². The van der Waals surface area contributed by atoms with Gasteiger partial charge in [0.15, 0.2) is 11.6 Å². The molecule has 0 radical (unpaired) electrons. The van der Waals surface area contributed by atoms with Crippen molar-refractivity contribution in [1.29, 1.82) is 0 Å². The van der Waals surface area contributed by atoms with Crippen molar-refractivity contribution in [3.8, 4) is 17.2 Å². The van der Waals surface area contributed by atoms with Gasteiger partial charge in [0.2, 0.25) is 0 Å². The van der Waals surface area contributed by atoms with Crippen LogP contribution in [-0.2, 0) is 6.42 Å². The average molecular weight is 459 g/mol. The van der Waals surface area contributed by atoms with Gasteiger partial charge in [0.1, 0.15) is 17.2 Å². The molecule has 5 nitrogen and oxygen atoms in total. The summed E-state index contributed by atoms with van der Waals surface area (Å²) >= 11 is 0. The van der Waals surface area contributed by atoms with Gasteiger partial charge in [-0.25, -0.2) is 0 Å². The smallest absolute Gasteiger partial charge is 0.185 e. The summed E-state index contributed by atoms with van der Waals surface area (Å²) in [7, 11) is 0. The summed E-state index contributed by atoms with van der Waals surface area (Å²) in [6.07, 6.45) is 5.48. The summed E-state index contributed by atoms with van der Waals surface area (Å²) in [5, 5.41) is 10.4. The topological polar surface area (TPSA) is 72.8 Å². The van der Waals surface area contributed by atoms with Crippen molar-refractivity contribution in [2.24, 2.45) is 0 Å². The van der Waals surface area contributed by atoms with E-state index in [-0.39, 0.29) is 17.3 Å². The van der Waals surface area contributed by atoms with Crippen molar-refractivity contribution in [1.82, 2.24) is 0 Å². The fourth-order valence-corrected chi connectivity index (χ4v) is 3.51. The maximum atomic E-state index is 12.2. The lowest BCUT2D eigenvalue weighted by molar-refractivity contribution is 0.101. The molecule has 176 valence electrons. The molecule has 0 spiro atoms. The van der Waals surface area contributed by atoms with Crippen molar-refractivity contribution in [2.75, 3.05) is 13.2 Å². The van der Waals surface area contributed by atoms with Gasteiger partial charge < -0.3 is 14.6 Å². The zero-order chi connectivity index (χ0) is 24.3. The lowest BCUT2D eigenvalue weighted by Crippen LogP contribution is -2.07. The van der Waals surface area contributed by atoms with Gasteiger partial charge in [-0.15, -0.1) is 0 Å². The van der Waals surface area contributed by atoms with Crippen molar-refractivity contribution < 1.29 is 24.2 Å². The van der Waals surface area contributed by atoms with E-state index in [0.29, 0.717) is 48.5 Å². The van der Waals surface area contributed by atoms with E-state index in [1.54, 1.807) is 36.4 Å². The fourth-order valence-electron chi connectivity index (χ4n) is 3.51. The second-order valence-electron chi connectivity index (χ2n) is 7.93. The van der Waals surface area contributed by atoms with E-state index in [9.17, 15) is 14.7 Å². The predicted molar refractivity (Wildman–Crippen MR) is 134 cm³/mol. The minimum atomic E-state index is -0.167. The van der Waals surface area contributed by atoms with Crippen LogP contribution in [0, 0.1) is 0 Å². The van der Waals surface area contributed by atoms with Crippen molar-refractivity contribution in [3.63, 3.8) is 0 Å². The Hall–Kier alpha value is -3.86. The van der Waals surface area contributed by atoms with Crippen LogP contribution in [0.25, 0.3) is 6.08 Å². The molecule has 0 aliphatic rings. The van der Waals surface area contributed by atoms with Gasteiger partial charge in [-0.05, 0) is 49.2 Å². The molecule has 0 aromatic heterocycles. The number of aromatic hydroxyl groups is 1. The third kappa shape index (κ3) is 6.82. The number of carbonyl (C=O) groups excluding carboxylic acids is 2. The second-order valence-corrected chi connectivity index (χ2v) is 7.93. The first-order valence-corrected chi connectivity index (χ1v) is 11.5. The Balaban J connectivity index is 1.46. The van der Waals surface area contributed by atoms with Crippen LogP contribution < -0.4 is 9.47 Å². The number of hydrogen-bond donors (Lipinski definition) is 1. The Kier molecular flexibility index (Phi) is 9.04. The molecule has 0 saturated carbocycles. The molecular formula is C29H30O5. The Morgan fingerprint density at radius 3 is 2.29 bits per heavy atom. The average Bonchev–Trinajstić information content (AvgIpc) is 2.85. The number of rotatable bonds is 12. The molecule has 0 unspecified atom stereocenters. The van der Waals surface area contributed by atoms with Crippen molar-refractivity contribution in [2.45, 2.75) is 33.1 Å². The van der Waals surface area contributed by atoms with E-state index in [1.165, 1.54) is 6.92 Å². The monoisotopic (exact) mass is 458 g/mol. The van der Waals surface area contributed by atoms with E-state index >= 15 is 0 Å². The standard InChI is InChI=1S/C29H30O5/c1-3-8-26-28(18-16-25(21(2)30)29(26)32)34-20-7-19-33-24-14-11-22(12-15-24)13-17-27(31)23-9-5-4-6-10-23/h4-6,9-18,32H,3,7-8,19-20H2,1-2H3/b17-13+. The van der Waals surface area contributed by atoms with Gasteiger partial charge in [0.05, 0.1) is 18.8 Å². The molecule has 0 amide bonds. The summed E-state index contributed by atoms with van der Waals surface area (Å²) in [6.45, 7) is 4.36. The molecular weight excluding hydrogens is 428 g/mol. The summed E-state index contributed by atoms with van der Waals surface area (Å²) in [5.41, 5.74) is 2.57. The fraction of sp³-hybridized carbons (Fsp3) is 0.241. The Bertz CT molecular complexity index is 1130. The van der Waals surface area contributed by atoms with Crippen LogP contribution in [0.2, 0.25) is 0 Å². The highest BCUT2D eigenvalue weighted by Crippen LogP contribution is 2.33. The van der Waals surface area contributed by atoms with E-state index in [1.807, 2.05) is 49.4 Å². The number of benzene rings is 3. The third-order valence-electron chi connectivity index (χ3n) is 5.30. The molecule has 0 aliphatic heterocycles. The molecule has 3 aromatic carbocycles. The normalized spacial score (nSPS) is 10.9. The minimum Gasteiger partial charge on any atom is -0.507 e. The molecule has 0 fully saturated rings. The summed E-state index contributed by atoms with van der Waals surface area (Å²) in [5.74, 6) is 1.15. The molecule has 34 heavy (non-hydrogen) atoms. The first-order chi connectivity index (χ1) is 16.5. The highest BCUT2D eigenvalue weighted by atomic mass is 16.5. The maximum Gasteiger partial charge on any atom is 0.185 e. The molecule has 3 aromatic rings. The van der Waals surface area contributed by atoms with E-state index < -0.39 is 0 Å². The third-order valence-corrected chi connectivity index (χ3v) is 5.30. The molecule has 0 heterocycles. The number of carbonyl (C=O) groups is 2. The van der Waals surface area contributed by atoms with Gasteiger partial charge in [-0.2, -0.15) is 0 Å². The minimum absolute atomic E-state index is 0.0164. The van der Waals surface area contributed by atoms with Crippen LogP contribution in [-0.4, -0.2) is 29.9 Å². The van der Waals surface area contributed by atoms with Gasteiger partial charge >= 0.3 is 0 Å². The van der Waals surface area contributed by atoms with E-state index in [4.69, 9.17) is 9.47 Å². The second kappa shape index (κ2) is 12.4. The number of phenols is 1. The molecule has 0 aliphatic carbocycles. The lowest BCUT2D eigenvalue weighted by Gasteiger charge is -2.15. The van der Waals surface area contributed by atoms with Crippen LogP contribution in [0.4, 0.5) is 0 Å². The van der Waals surface area contributed by atoms with Crippen molar-refractivity contribution >= 4 is 17.6 Å². The Morgan fingerprint density at radius 1 is 0.912 bits per heavy atom. The van der Waals surface area contributed by atoms with Crippen LogP contribution in [0.5, 0.6) is 17.2 Å². The van der Waals surface area contributed by atoms with Crippen LogP contribution in [0.3, 0.4) is 0 Å². The van der Waals surface area contributed by atoms with Gasteiger partial charge in [0.25, 0.3) is 0 Å². The van der Waals surface area contributed by atoms with E-state index in [0.717, 1.165) is 17.7 Å². The number of ketones is 2. The van der Waals surface area contributed by atoms with E-state index in [2.05, 4.69) is 0 Å². The highest BCUT2D eigenvalue weighted by molar-refractivity contribution is 6.06.